The highest BCUT2D eigenvalue weighted by Crippen LogP contribution is 2.26. The predicted molar refractivity (Wildman–Crippen MR) is 86.0 cm³/mol. The van der Waals surface area contributed by atoms with Crippen molar-refractivity contribution >= 4 is 26.0 Å². The van der Waals surface area contributed by atoms with Crippen molar-refractivity contribution < 1.29 is 8.42 Å². The lowest BCUT2D eigenvalue weighted by atomic mass is 10.0. The number of nitrogens with two attached hydrogens (primary N) is 1. The lowest BCUT2D eigenvalue weighted by molar-refractivity contribution is 0.437. The van der Waals surface area contributed by atoms with Gasteiger partial charge in [-0.2, -0.15) is 0 Å². The van der Waals surface area contributed by atoms with E-state index in [-0.39, 0.29) is 12.0 Å². The molecule has 0 bridgehead atoms. The second kappa shape index (κ2) is 7.02. The van der Waals surface area contributed by atoms with Crippen LogP contribution >= 0.6 is 15.9 Å². The smallest absolute Gasteiger partial charge is 0.241 e. The summed E-state index contributed by atoms with van der Waals surface area (Å²) in [7, 11) is -3.54. The summed E-state index contributed by atoms with van der Waals surface area (Å²) in [5.41, 5.74) is 7.11. The molecule has 0 aliphatic carbocycles. The summed E-state index contributed by atoms with van der Waals surface area (Å²) in [5, 5.41) is 0. The average molecular weight is 363 g/mol. The molecule has 0 saturated carbocycles. The van der Waals surface area contributed by atoms with Gasteiger partial charge in [-0.05, 0) is 42.5 Å². The summed E-state index contributed by atoms with van der Waals surface area (Å²) >= 11 is 3.39. The molecule has 0 saturated heterocycles. The Morgan fingerprint density at radius 1 is 1.35 bits per heavy atom. The van der Waals surface area contributed by atoms with Gasteiger partial charge in [-0.1, -0.05) is 36.7 Å². The van der Waals surface area contributed by atoms with Crippen LogP contribution in [0.2, 0.25) is 0 Å². The van der Waals surface area contributed by atoms with E-state index in [2.05, 4.69) is 20.7 Å². The molecule has 0 fully saturated rings. The maximum absolute atomic E-state index is 12.6. The zero-order valence-corrected chi connectivity index (χ0v) is 14.8. The minimum absolute atomic E-state index is 0.0697. The SMILES string of the molecule is CCC(NS(=O)(=O)c1cc(CN)cc(Br)c1C)C(C)C. The minimum Gasteiger partial charge on any atom is -0.326 e. The second-order valence-electron chi connectivity index (χ2n) is 5.28. The van der Waals surface area contributed by atoms with Gasteiger partial charge in [0.1, 0.15) is 0 Å². The number of rotatable bonds is 6. The van der Waals surface area contributed by atoms with E-state index in [0.29, 0.717) is 17.0 Å². The predicted octanol–water partition coefficient (Wildman–Crippen LogP) is 2.93. The molecule has 0 aromatic heterocycles. The number of hydrogen-bond donors (Lipinski definition) is 2. The number of hydrogen-bond acceptors (Lipinski definition) is 3. The molecule has 6 heteroatoms. The summed E-state index contributed by atoms with van der Waals surface area (Å²) in [5.74, 6) is 0.246. The highest BCUT2D eigenvalue weighted by molar-refractivity contribution is 9.10. The van der Waals surface area contributed by atoms with E-state index in [1.54, 1.807) is 13.0 Å². The second-order valence-corrected chi connectivity index (χ2v) is 7.82. The number of nitrogens with one attached hydrogen (secondary N) is 1. The lowest BCUT2D eigenvalue weighted by Crippen LogP contribution is -2.38. The molecule has 114 valence electrons. The molecular weight excluding hydrogens is 340 g/mol. The van der Waals surface area contributed by atoms with Gasteiger partial charge in [0.2, 0.25) is 10.0 Å². The Morgan fingerprint density at radius 3 is 2.40 bits per heavy atom. The van der Waals surface area contributed by atoms with E-state index < -0.39 is 10.0 Å². The van der Waals surface area contributed by atoms with Gasteiger partial charge >= 0.3 is 0 Å². The zero-order valence-electron chi connectivity index (χ0n) is 12.4. The summed E-state index contributed by atoms with van der Waals surface area (Å²) in [4.78, 5) is 0.298. The number of sulfonamides is 1. The Morgan fingerprint density at radius 2 is 1.95 bits per heavy atom. The first-order chi connectivity index (χ1) is 9.22. The van der Waals surface area contributed by atoms with Crippen LogP contribution in [0.15, 0.2) is 21.5 Å². The van der Waals surface area contributed by atoms with Crippen LogP contribution in [0.4, 0.5) is 0 Å². The first-order valence-electron chi connectivity index (χ1n) is 6.74. The summed E-state index contributed by atoms with van der Waals surface area (Å²) in [6.07, 6.45) is 0.758. The molecule has 1 unspecified atom stereocenters. The van der Waals surface area contributed by atoms with Crippen molar-refractivity contribution in [3.05, 3.63) is 27.7 Å². The van der Waals surface area contributed by atoms with Crippen LogP contribution in [0.1, 0.15) is 38.3 Å². The first-order valence-corrected chi connectivity index (χ1v) is 9.02. The Balaban J connectivity index is 3.25. The van der Waals surface area contributed by atoms with E-state index in [1.807, 2.05) is 26.8 Å². The monoisotopic (exact) mass is 362 g/mol. The minimum atomic E-state index is -3.54. The van der Waals surface area contributed by atoms with E-state index in [9.17, 15) is 8.42 Å². The Hall–Kier alpha value is -0.430. The first kappa shape index (κ1) is 17.6. The molecular formula is C14H23BrN2O2S. The molecule has 3 N–H and O–H groups in total. The van der Waals surface area contributed by atoms with Crippen LogP contribution in [0.25, 0.3) is 0 Å². The van der Waals surface area contributed by atoms with Crippen molar-refractivity contribution in [2.45, 2.75) is 51.6 Å². The van der Waals surface area contributed by atoms with E-state index >= 15 is 0 Å². The Bertz CT molecular complexity index is 571. The van der Waals surface area contributed by atoms with Gasteiger partial charge < -0.3 is 5.73 Å². The summed E-state index contributed by atoms with van der Waals surface area (Å²) < 4.78 is 28.7. The van der Waals surface area contributed by atoms with Crippen LogP contribution in [0, 0.1) is 12.8 Å². The number of benzene rings is 1. The third-order valence-corrected chi connectivity index (χ3v) is 5.87. The van der Waals surface area contributed by atoms with Gasteiger partial charge in [0.25, 0.3) is 0 Å². The molecule has 0 radical (unpaired) electrons. The molecule has 1 atom stereocenters. The highest BCUT2D eigenvalue weighted by atomic mass is 79.9. The van der Waals surface area contributed by atoms with E-state index in [0.717, 1.165) is 16.5 Å². The molecule has 20 heavy (non-hydrogen) atoms. The van der Waals surface area contributed by atoms with Crippen molar-refractivity contribution in [2.75, 3.05) is 0 Å². The molecule has 1 aromatic rings. The van der Waals surface area contributed by atoms with E-state index in [4.69, 9.17) is 5.73 Å². The summed E-state index contributed by atoms with van der Waals surface area (Å²) in [6.45, 7) is 8.09. The van der Waals surface area contributed by atoms with Gasteiger partial charge in [-0.3, -0.25) is 0 Å². The quantitative estimate of drug-likeness (QED) is 0.816. The third-order valence-electron chi connectivity index (χ3n) is 3.43. The zero-order chi connectivity index (χ0) is 15.5. The van der Waals surface area contributed by atoms with Crippen LogP contribution in [0.3, 0.4) is 0 Å². The maximum Gasteiger partial charge on any atom is 0.241 e. The molecule has 0 aliphatic heterocycles. The Labute approximate surface area is 130 Å². The number of halogens is 1. The van der Waals surface area contributed by atoms with Crippen molar-refractivity contribution in [1.82, 2.24) is 4.72 Å². The Kier molecular flexibility index (Phi) is 6.19. The van der Waals surface area contributed by atoms with Crippen LogP contribution < -0.4 is 10.5 Å². The fourth-order valence-electron chi connectivity index (χ4n) is 2.06. The van der Waals surface area contributed by atoms with Crippen molar-refractivity contribution in [2.24, 2.45) is 11.7 Å². The molecule has 0 spiro atoms. The fourth-order valence-corrected chi connectivity index (χ4v) is 4.48. The molecule has 1 aromatic carbocycles. The molecule has 0 aliphatic rings. The van der Waals surface area contributed by atoms with Gasteiger partial charge in [0.05, 0.1) is 4.90 Å². The van der Waals surface area contributed by atoms with Crippen molar-refractivity contribution in [3.8, 4) is 0 Å². The standard InChI is InChI=1S/C14H23BrN2O2S/c1-5-13(9(2)3)17-20(18,19)14-7-11(8-16)6-12(15)10(14)4/h6-7,9,13,17H,5,8,16H2,1-4H3. The van der Waals surface area contributed by atoms with E-state index in [1.165, 1.54) is 0 Å². The van der Waals surface area contributed by atoms with Crippen LogP contribution in [-0.2, 0) is 16.6 Å². The van der Waals surface area contributed by atoms with Crippen molar-refractivity contribution in [3.63, 3.8) is 0 Å². The molecule has 0 heterocycles. The van der Waals surface area contributed by atoms with Gasteiger partial charge in [0.15, 0.2) is 0 Å². The fraction of sp³-hybridized carbons (Fsp3) is 0.571. The maximum atomic E-state index is 12.6. The molecule has 1 rings (SSSR count). The normalized spacial score (nSPS) is 13.8. The van der Waals surface area contributed by atoms with Gasteiger partial charge in [-0.25, -0.2) is 13.1 Å². The molecule has 0 amide bonds. The van der Waals surface area contributed by atoms with Crippen LogP contribution in [-0.4, -0.2) is 14.5 Å². The lowest BCUT2D eigenvalue weighted by Gasteiger charge is -2.21. The average Bonchev–Trinajstić information content (AvgIpc) is 2.38. The van der Waals surface area contributed by atoms with Crippen LogP contribution in [0.5, 0.6) is 0 Å². The van der Waals surface area contributed by atoms with Crippen molar-refractivity contribution in [1.29, 1.82) is 0 Å². The van der Waals surface area contributed by atoms with Gasteiger partial charge in [0, 0.05) is 17.1 Å². The highest BCUT2D eigenvalue weighted by Gasteiger charge is 2.24. The largest absolute Gasteiger partial charge is 0.326 e. The molecule has 4 nitrogen and oxygen atoms in total. The third kappa shape index (κ3) is 4.04. The van der Waals surface area contributed by atoms with Gasteiger partial charge in [-0.15, -0.1) is 0 Å². The summed E-state index contributed by atoms with van der Waals surface area (Å²) in [6, 6.07) is 3.43. The topological polar surface area (TPSA) is 72.2 Å².